The first kappa shape index (κ1) is 13.1. The number of hydrogen-bond acceptors (Lipinski definition) is 2. The van der Waals surface area contributed by atoms with E-state index in [1.54, 1.807) is 12.1 Å². The van der Waals surface area contributed by atoms with Gasteiger partial charge in [0.15, 0.2) is 0 Å². The number of nitrogens with one attached hydrogen (secondary N) is 1. The fourth-order valence-electron chi connectivity index (χ4n) is 1.67. The quantitative estimate of drug-likeness (QED) is 0.884. The van der Waals surface area contributed by atoms with E-state index in [-0.39, 0.29) is 5.91 Å². The van der Waals surface area contributed by atoms with Gasteiger partial charge in [0.1, 0.15) is 5.75 Å². The van der Waals surface area contributed by atoms with Crippen molar-refractivity contribution in [2.45, 2.75) is 13.3 Å². The molecule has 0 aliphatic rings. The van der Waals surface area contributed by atoms with Gasteiger partial charge in [-0.25, -0.2) is 0 Å². The number of anilines is 1. The summed E-state index contributed by atoms with van der Waals surface area (Å²) in [5.74, 6) is 0.593. The zero-order chi connectivity index (χ0) is 13.5. The molecule has 0 fully saturated rings. The molecule has 0 spiro atoms. The van der Waals surface area contributed by atoms with Crippen molar-refractivity contribution < 1.29 is 9.53 Å². The average molecular weight is 255 g/mol. The Kier molecular flexibility index (Phi) is 4.56. The van der Waals surface area contributed by atoms with Crippen LogP contribution in [0.3, 0.4) is 0 Å². The summed E-state index contributed by atoms with van der Waals surface area (Å²) in [6, 6.07) is 16.6. The van der Waals surface area contributed by atoms with Crippen LogP contribution in [0.5, 0.6) is 5.75 Å². The van der Waals surface area contributed by atoms with Gasteiger partial charge >= 0.3 is 0 Å². The van der Waals surface area contributed by atoms with Crippen molar-refractivity contribution in [1.82, 2.24) is 0 Å². The molecule has 1 amide bonds. The largest absolute Gasteiger partial charge is 0.494 e. The van der Waals surface area contributed by atoms with E-state index in [4.69, 9.17) is 4.74 Å². The predicted octanol–water partition coefficient (Wildman–Crippen LogP) is 3.73. The van der Waals surface area contributed by atoms with Gasteiger partial charge in [0.25, 0.3) is 5.91 Å². The van der Waals surface area contributed by atoms with E-state index in [0.717, 1.165) is 17.9 Å². The van der Waals surface area contributed by atoms with Crippen LogP contribution in [0, 0.1) is 0 Å². The smallest absolute Gasteiger partial charge is 0.255 e. The standard InChI is InChI=1S/C16H17NO2/c1-2-11-19-15-10-6-7-13(12-15)16(18)17-14-8-4-3-5-9-14/h3-10,12H,2,11H2,1H3,(H,17,18). The van der Waals surface area contributed by atoms with Crippen molar-refractivity contribution in [3.05, 3.63) is 60.2 Å². The monoisotopic (exact) mass is 255 g/mol. The third kappa shape index (κ3) is 3.85. The van der Waals surface area contributed by atoms with Gasteiger partial charge in [0, 0.05) is 11.3 Å². The molecule has 19 heavy (non-hydrogen) atoms. The number of para-hydroxylation sites is 1. The minimum Gasteiger partial charge on any atom is -0.494 e. The highest BCUT2D eigenvalue weighted by Gasteiger charge is 2.06. The molecule has 0 saturated carbocycles. The molecule has 0 saturated heterocycles. The Hall–Kier alpha value is -2.29. The minimum atomic E-state index is -0.131. The summed E-state index contributed by atoms with van der Waals surface area (Å²) in [5.41, 5.74) is 1.38. The molecule has 0 bridgehead atoms. The molecule has 2 rings (SSSR count). The van der Waals surface area contributed by atoms with Crippen LogP contribution in [0.2, 0.25) is 0 Å². The molecule has 98 valence electrons. The van der Waals surface area contributed by atoms with Crippen molar-refractivity contribution in [2.75, 3.05) is 11.9 Å². The summed E-state index contributed by atoms with van der Waals surface area (Å²) < 4.78 is 5.52. The molecule has 2 aromatic carbocycles. The first-order valence-electron chi connectivity index (χ1n) is 6.39. The van der Waals surface area contributed by atoms with Gasteiger partial charge in [-0.15, -0.1) is 0 Å². The second kappa shape index (κ2) is 6.59. The topological polar surface area (TPSA) is 38.3 Å². The number of rotatable bonds is 5. The van der Waals surface area contributed by atoms with Crippen molar-refractivity contribution in [3.63, 3.8) is 0 Å². The Labute approximate surface area is 113 Å². The molecule has 0 unspecified atom stereocenters. The van der Waals surface area contributed by atoms with Crippen LogP contribution >= 0.6 is 0 Å². The van der Waals surface area contributed by atoms with Crippen molar-refractivity contribution >= 4 is 11.6 Å². The lowest BCUT2D eigenvalue weighted by Gasteiger charge is -2.08. The number of ether oxygens (including phenoxy) is 1. The second-order valence-corrected chi connectivity index (χ2v) is 4.20. The van der Waals surface area contributed by atoms with Crippen LogP contribution in [0.4, 0.5) is 5.69 Å². The maximum Gasteiger partial charge on any atom is 0.255 e. The van der Waals surface area contributed by atoms with Crippen LogP contribution in [0.25, 0.3) is 0 Å². The lowest BCUT2D eigenvalue weighted by molar-refractivity contribution is 0.102. The van der Waals surface area contributed by atoms with Gasteiger partial charge in [-0.2, -0.15) is 0 Å². The summed E-state index contributed by atoms with van der Waals surface area (Å²) in [6.07, 6.45) is 0.945. The van der Waals surface area contributed by atoms with Gasteiger partial charge in [-0.3, -0.25) is 4.79 Å². The lowest BCUT2D eigenvalue weighted by Crippen LogP contribution is -2.11. The molecule has 0 radical (unpaired) electrons. The van der Waals surface area contributed by atoms with Gasteiger partial charge in [0.05, 0.1) is 6.61 Å². The Morgan fingerprint density at radius 2 is 1.89 bits per heavy atom. The first-order chi connectivity index (χ1) is 9.29. The number of benzene rings is 2. The molecule has 0 heterocycles. The Balaban J connectivity index is 2.06. The fourth-order valence-corrected chi connectivity index (χ4v) is 1.67. The Morgan fingerprint density at radius 3 is 2.63 bits per heavy atom. The fraction of sp³-hybridized carbons (Fsp3) is 0.188. The van der Waals surface area contributed by atoms with E-state index in [9.17, 15) is 4.79 Å². The van der Waals surface area contributed by atoms with Crippen LogP contribution in [0.15, 0.2) is 54.6 Å². The molecule has 0 aliphatic carbocycles. The zero-order valence-electron chi connectivity index (χ0n) is 10.9. The molecule has 3 heteroatoms. The lowest BCUT2D eigenvalue weighted by atomic mass is 10.2. The Bertz CT molecular complexity index is 537. The van der Waals surface area contributed by atoms with Gasteiger partial charge < -0.3 is 10.1 Å². The summed E-state index contributed by atoms with van der Waals surface area (Å²) in [4.78, 5) is 12.1. The number of carbonyl (C=O) groups excluding carboxylic acids is 1. The molecule has 0 aromatic heterocycles. The molecule has 2 aromatic rings. The van der Waals surface area contributed by atoms with Crippen molar-refractivity contribution in [3.8, 4) is 5.75 Å². The summed E-state index contributed by atoms with van der Waals surface area (Å²) >= 11 is 0. The third-order valence-corrected chi connectivity index (χ3v) is 2.60. The van der Waals surface area contributed by atoms with Crippen LogP contribution < -0.4 is 10.1 Å². The summed E-state index contributed by atoms with van der Waals surface area (Å²) in [5, 5.41) is 2.85. The van der Waals surface area contributed by atoms with Crippen LogP contribution in [-0.4, -0.2) is 12.5 Å². The van der Waals surface area contributed by atoms with Crippen molar-refractivity contribution in [2.24, 2.45) is 0 Å². The molecule has 1 N–H and O–H groups in total. The Morgan fingerprint density at radius 1 is 1.11 bits per heavy atom. The number of hydrogen-bond donors (Lipinski definition) is 1. The predicted molar refractivity (Wildman–Crippen MR) is 76.6 cm³/mol. The first-order valence-corrected chi connectivity index (χ1v) is 6.39. The van der Waals surface area contributed by atoms with E-state index in [1.165, 1.54) is 0 Å². The molecular formula is C16H17NO2. The number of amides is 1. The minimum absolute atomic E-state index is 0.131. The zero-order valence-corrected chi connectivity index (χ0v) is 10.9. The molecule has 0 atom stereocenters. The van der Waals surface area contributed by atoms with E-state index in [2.05, 4.69) is 5.32 Å². The maximum atomic E-state index is 12.1. The third-order valence-electron chi connectivity index (χ3n) is 2.60. The number of carbonyl (C=O) groups is 1. The summed E-state index contributed by atoms with van der Waals surface area (Å²) in [6.45, 7) is 2.70. The maximum absolute atomic E-state index is 12.1. The van der Waals surface area contributed by atoms with Gasteiger partial charge in [0.2, 0.25) is 0 Å². The van der Waals surface area contributed by atoms with E-state index < -0.39 is 0 Å². The molecule has 3 nitrogen and oxygen atoms in total. The molecule has 0 aliphatic heterocycles. The highest BCUT2D eigenvalue weighted by Crippen LogP contribution is 2.15. The van der Waals surface area contributed by atoms with E-state index in [1.807, 2.05) is 49.4 Å². The van der Waals surface area contributed by atoms with Crippen LogP contribution in [-0.2, 0) is 0 Å². The van der Waals surface area contributed by atoms with E-state index in [0.29, 0.717) is 12.2 Å². The average Bonchev–Trinajstić information content (AvgIpc) is 2.46. The second-order valence-electron chi connectivity index (χ2n) is 4.20. The van der Waals surface area contributed by atoms with E-state index >= 15 is 0 Å². The van der Waals surface area contributed by atoms with Crippen molar-refractivity contribution in [1.29, 1.82) is 0 Å². The highest BCUT2D eigenvalue weighted by molar-refractivity contribution is 6.04. The molecular weight excluding hydrogens is 238 g/mol. The highest BCUT2D eigenvalue weighted by atomic mass is 16.5. The van der Waals surface area contributed by atoms with Crippen LogP contribution in [0.1, 0.15) is 23.7 Å². The van der Waals surface area contributed by atoms with Gasteiger partial charge in [-0.05, 0) is 36.8 Å². The normalized spacial score (nSPS) is 9.95. The summed E-state index contributed by atoms with van der Waals surface area (Å²) in [7, 11) is 0. The van der Waals surface area contributed by atoms with Gasteiger partial charge in [-0.1, -0.05) is 31.2 Å². The SMILES string of the molecule is CCCOc1cccc(C(=O)Nc2ccccc2)c1.